The van der Waals surface area contributed by atoms with E-state index in [1.54, 1.807) is 60.9 Å². The Hall–Kier alpha value is -3.82. The standard InChI is InChI=1S/C26H20FN3O4S/c27-20-4-1-16(2-5-20)23-11-24-19(13-29-26(24)31)10-25(23)34-21-14-30(15-21)35(32,33)22-6-3-18-12-28-8-7-17(18)9-22/h1-12,21H,13-15H2,(H,29,31). The fourth-order valence-corrected chi connectivity index (χ4v) is 5.96. The molecule has 0 bridgehead atoms. The number of hydrogen-bond donors (Lipinski definition) is 1. The number of fused-ring (bicyclic) bond motifs is 2. The third-order valence-corrected chi connectivity index (χ3v) is 8.23. The minimum Gasteiger partial charge on any atom is -0.487 e. The Morgan fingerprint density at radius 1 is 0.971 bits per heavy atom. The molecule has 7 nitrogen and oxygen atoms in total. The Bertz CT molecular complexity index is 1580. The van der Waals surface area contributed by atoms with Gasteiger partial charge >= 0.3 is 0 Å². The molecule has 2 aliphatic rings. The van der Waals surface area contributed by atoms with Gasteiger partial charge < -0.3 is 10.1 Å². The molecule has 3 heterocycles. The first kappa shape index (κ1) is 21.7. The number of aromatic nitrogens is 1. The van der Waals surface area contributed by atoms with Crippen molar-refractivity contribution in [3.63, 3.8) is 0 Å². The summed E-state index contributed by atoms with van der Waals surface area (Å²) in [4.78, 5) is 16.5. The molecule has 1 aromatic heterocycles. The van der Waals surface area contributed by atoms with Crippen LogP contribution in [0.5, 0.6) is 5.75 Å². The highest BCUT2D eigenvalue weighted by Crippen LogP contribution is 2.37. The van der Waals surface area contributed by atoms with Crippen LogP contribution in [0.2, 0.25) is 0 Å². The molecule has 0 saturated carbocycles. The van der Waals surface area contributed by atoms with Crippen molar-refractivity contribution in [1.29, 1.82) is 0 Å². The van der Waals surface area contributed by atoms with Gasteiger partial charge in [0.05, 0.1) is 18.0 Å². The van der Waals surface area contributed by atoms with Gasteiger partial charge in [-0.1, -0.05) is 18.2 Å². The van der Waals surface area contributed by atoms with Crippen LogP contribution >= 0.6 is 0 Å². The molecule has 0 radical (unpaired) electrons. The molecule has 1 amide bonds. The van der Waals surface area contributed by atoms with Crippen molar-refractivity contribution in [3.05, 3.63) is 90.0 Å². The lowest BCUT2D eigenvalue weighted by atomic mass is 9.98. The van der Waals surface area contributed by atoms with Crippen molar-refractivity contribution in [1.82, 2.24) is 14.6 Å². The fraction of sp³-hybridized carbons (Fsp3) is 0.154. The highest BCUT2D eigenvalue weighted by Gasteiger charge is 2.39. The van der Waals surface area contributed by atoms with Crippen molar-refractivity contribution < 1.29 is 22.3 Å². The Balaban J connectivity index is 1.25. The number of hydrogen-bond acceptors (Lipinski definition) is 5. The fourth-order valence-electron chi connectivity index (χ4n) is 4.42. The number of rotatable bonds is 5. The van der Waals surface area contributed by atoms with Gasteiger partial charge in [-0.2, -0.15) is 4.31 Å². The third kappa shape index (κ3) is 3.82. The van der Waals surface area contributed by atoms with Gasteiger partial charge in [0.25, 0.3) is 5.91 Å². The Labute approximate surface area is 201 Å². The molecule has 35 heavy (non-hydrogen) atoms. The van der Waals surface area contributed by atoms with E-state index < -0.39 is 10.0 Å². The normalized spacial score (nSPS) is 16.1. The summed E-state index contributed by atoms with van der Waals surface area (Å²) < 4.78 is 47.4. The van der Waals surface area contributed by atoms with Crippen LogP contribution in [0.15, 0.2) is 78.0 Å². The molecule has 0 unspecified atom stereocenters. The number of sulfonamides is 1. The molecule has 6 rings (SSSR count). The minimum atomic E-state index is -3.67. The van der Waals surface area contributed by atoms with Crippen molar-refractivity contribution in [3.8, 4) is 16.9 Å². The molecule has 2 aliphatic heterocycles. The molecule has 3 aromatic carbocycles. The molecule has 4 aromatic rings. The summed E-state index contributed by atoms with van der Waals surface area (Å²) in [6.07, 6.45) is 2.97. The highest BCUT2D eigenvalue weighted by molar-refractivity contribution is 7.89. The first-order valence-electron chi connectivity index (χ1n) is 11.1. The summed E-state index contributed by atoms with van der Waals surface area (Å²) >= 11 is 0. The van der Waals surface area contributed by atoms with Crippen molar-refractivity contribution in [2.24, 2.45) is 0 Å². The predicted molar refractivity (Wildman–Crippen MR) is 128 cm³/mol. The lowest BCUT2D eigenvalue weighted by molar-refractivity contribution is 0.0766. The van der Waals surface area contributed by atoms with Crippen molar-refractivity contribution in [2.45, 2.75) is 17.5 Å². The second kappa shape index (κ2) is 8.14. The smallest absolute Gasteiger partial charge is 0.251 e. The molecule has 0 aliphatic carbocycles. The molecule has 1 saturated heterocycles. The maximum Gasteiger partial charge on any atom is 0.251 e. The maximum atomic E-state index is 13.5. The number of nitrogens with one attached hydrogen (secondary N) is 1. The average Bonchev–Trinajstić information content (AvgIpc) is 3.20. The number of ether oxygens (including phenoxy) is 1. The quantitative estimate of drug-likeness (QED) is 0.462. The summed E-state index contributed by atoms with van der Waals surface area (Å²) in [6.45, 7) is 0.804. The van der Waals surface area contributed by atoms with Gasteiger partial charge in [0.2, 0.25) is 10.0 Å². The second-order valence-corrected chi connectivity index (χ2v) is 10.6. The number of pyridine rings is 1. The number of halogens is 1. The van der Waals surface area contributed by atoms with E-state index in [1.807, 2.05) is 0 Å². The van der Waals surface area contributed by atoms with Crippen LogP contribution in [-0.2, 0) is 16.6 Å². The largest absolute Gasteiger partial charge is 0.487 e. The van der Waals surface area contributed by atoms with E-state index in [0.717, 1.165) is 16.3 Å². The van der Waals surface area contributed by atoms with Crippen molar-refractivity contribution >= 4 is 26.7 Å². The molecular weight excluding hydrogens is 469 g/mol. The van der Waals surface area contributed by atoms with Gasteiger partial charge in [0.1, 0.15) is 17.7 Å². The topological polar surface area (TPSA) is 88.6 Å². The molecule has 1 N–H and O–H groups in total. The zero-order valence-electron chi connectivity index (χ0n) is 18.4. The molecule has 0 spiro atoms. The third-order valence-electron chi connectivity index (χ3n) is 6.40. The Kier molecular flexibility index (Phi) is 5.05. The maximum absolute atomic E-state index is 13.5. The van der Waals surface area contributed by atoms with E-state index in [2.05, 4.69) is 10.3 Å². The average molecular weight is 490 g/mol. The number of nitrogens with zero attached hydrogens (tertiary/aromatic N) is 2. The molecule has 1 fully saturated rings. The number of benzene rings is 3. The summed E-state index contributed by atoms with van der Waals surface area (Å²) in [5.74, 6) is 0.00835. The lowest BCUT2D eigenvalue weighted by Gasteiger charge is -2.38. The predicted octanol–water partition coefficient (Wildman–Crippen LogP) is 3.74. The van der Waals surface area contributed by atoms with Gasteiger partial charge in [-0.15, -0.1) is 0 Å². The molecule has 9 heteroatoms. The van der Waals surface area contributed by atoms with E-state index in [-0.39, 0.29) is 35.8 Å². The molecular formula is C26H20FN3O4S. The zero-order chi connectivity index (χ0) is 24.2. The zero-order valence-corrected chi connectivity index (χ0v) is 19.3. The van der Waals surface area contributed by atoms with Crippen LogP contribution in [0.25, 0.3) is 21.9 Å². The van der Waals surface area contributed by atoms with E-state index in [4.69, 9.17) is 4.74 Å². The van der Waals surface area contributed by atoms with Crippen LogP contribution in [-0.4, -0.2) is 42.8 Å². The van der Waals surface area contributed by atoms with Crippen LogP contribution < -0.4 is 10.1 Å². The number of carbonyl (C=O) groups excluding carboxylic acids is 1. The minimum absolute atomic E-state index is 0.165. The van der Waals surface area contributed by atoms with Crippen LogP contribution in [0.4, 0.5) is 4.39 Å². The van der Waals surface area contributed by atoms with Crippen LogP contribution in [0.3, 0.4) is 0 Å². The first-order valence-corrected chi connectivity index (χ1v) is 12.5. The summed E-state index contributed by atoms with van der Waals surface area (Å²) in [6, 6.07) is 16.3. The van der Waals surface area contributed by atoms with Crippen molar-refractivity contribution in [2.75, 3.05) is 13.1 Å². The SMILES string of the molecule is O=C1NCc2cc(OC3CN(S(=O)(=O)c4ccc5cnccc5c4)C3)c(-c3ccc(F)cc3)cc21. The van der Waals surface area contributed by atoms with Crippen LogP contribution in [0, 0.1) is 5.82 Å². The Morgan fingerprint density at radius 3 is 2.57 bits per heavy atom. The monoisotopic (exact) mass is 489 g/mol. The first-order chi connectivity index (χ1) is 16.9. The van der Waals surface area contributed by atoms with Crippen LogP contribution in [0.1, 0.15) is 15.9 Å². The highest BCUT2D eigenvalue weighted by atomic mass is 32.2. The summed E-state index contributed by atoms with van der Waals surface area (Å²) in [5.41, 5.74) is 2.73. The van der Waals surface area contributed by atoms with Gasteiger partial charge in [0.15, 0.2) is 0 Å². The van der Waals surface area contributed by atoms with Gasteiger partial charge in [-0.25, -0.2) is 12.8 Å². The molecule has 176 valence electrons. The van der Waals surface area contributed by atoms with E-state index in [9.17, 15) is 17.6 Å². The summed E-state index contributed by atoms with van der Waals surface area (Å²) in [7, 11) is -3.67. The van der Waals surface area contributed by atoms with Gasteiger partial charge in [0, 0.05) is 35.5 Å². The molecule has 0 atom stereocenters. The lowest BCUT2D eigenvalue weighted by Crippen LogP contribution is -2.56. The van der Waals surface area contributed by atoms with Gasteiger partial charge in [-0.3, -0.25) is 9.78 Å². The van der Waals surface area contributed by atoms with Gasteiger partial charge in [-0.05, 0) is 59.0 Å². The van der Waals surface area contributed by atoms with E-state index >= 15 is 0 Å². The summed E-state index contributed by atoms with van der Waals surface area (Å²) in [5, 5.41) is 4.47. The number of carbonyl (C=O) groups is 1. The Morgan fingerprint density at radius 2 is 1.77 bits per heavy atom. The van der Waals surface area contributed by atoms with E-state index in [0.29, 0.717) is 29.0 Å². The number of amides is 1. The van der Waals surface area contributed by atoms with E-state index in [1.165, 1.54) is 16.4 Å². The second-order valence-electron chi connectivity index (χ2n) is 8.64.